The largest absolute Gasteiger partial charge is 0.349 e. The van der Waals surface area contributed by atoms with Crippen LogP contribution in [0.25, 0.3) is 0 Å². The molecule has 0 spiro atoms. The zero-order valence-corrected chi connectivity index (χ0v) is 18.7. The number of hydrogen-bond donors (Lipinski definition) is 3. The Morgan fingerprint density at radius 2 is 1.84 bits per heavy atom. The number of fused-ring (bicyclic) bond motifs is 1. The van der Waals surface area contributed by atoms with E-state index in [1.165, 1.54) is 19.6 Å². The van der Waals surface area contributed by atoms with Gasteiger partial charge in [-0.1, -0.05) is 0 Å². The normalized spacial score (nSPS) is 32.8. The van der Waals surface area contributed by atoms with Crippen molar-refractivity contribution in [2.45, 2.75) is 37.8 Å². The fourth-order valence-electron chi connectivity index (χ4n) is 5.60. The molecular weight excluding hydrogens is 418 g/mol. The summed E-state index contributed by atoms with van der Waals surface area (Å²) >= 11 is 0. The predicted octanol–water partition coefficient (Wildman–Crippen LogP) is 0.722. The molecule has 9 nitrogen and oxygen atoms in total. The number of rotatable bonds is 4. The molecular formula is C21H34ClN7O2. The number of carbonyl (C=O) groups excluding carboxylic acids is 1. The number of nitrogens with zero attached hydrogens (tertiary/aromatic N) is 4. The number of piperazine rings is 1. The molecule has 2 unspecified atom stereocenters. The van der Waals surface area contributed by atoms with E-state index in [0.29, 0.717) is 24.9 Å². The van der Waals surface area contributed by atoms with Crippen molar-refractivity contribution in [3.8, 4) is 0 Å². The topological polar surface area (TPSA) is 109 Å². The van der Waals surface area contributed by atoms with Crippen molar-refractivity contribution in [1.29, 1.82) is 0 Å². The Balaban J connectivity index is 0.00000231. The highest BCUT2D eigenvalue weighted by Gasteiger charge is 2.53. The zero-order valence-electron chi connectivity index (χ0n) is 17.9. The minimum Gasteiger partial charge on any atom is -0.327 e. The Morgan fingerprint density at radius 3 is 2.48 bits per heavy atom. The summed E-state index contributed by atoms with van der Waals surface area (Å²) in [7, 11) is 0. The molecule has 0 bridgehead atoms. The molecule has 4 N–H and O–H groups in total. The van der Waals surface area contributed by atoms with Crippen LogP contribution in [-0.2, 0) is 0 Å². The lowest BCUT2D eigenvalue weighted by Gasteiger charge is -2.32. The van der Waals surface area contributed by atoms with E-state index in [4.69, 9.17) is 5.73 Å². The molecule has 31 heavy (non-hydrogen) atoms. The summed E-state index contributed by atoms with van der Waals surface area (Å²) in [4.78, 5) is 33.3. The van der Waals surface area contributed by atoms with Crippen LogP contribution in [0.2, 0.25) is 0 Å². The first kappa shape index (κ1) is 22.5. The van der Waals surface area contributed by atoms with Crippen LogP contribution in [-0.4, -0.2) is 77.2 Å². The molecule has 2 aliphatic carbocycles. The molecule has 0 aromatic carbocycles. The van der Waals surface area contributed by atoms with Crippen molar-refractivity contribution in [2.24, 2.45) is 23.5 Å². The maximum atomic E-state index is 12.6. The fraction of sp³-hybridized carbons (Fsp3) is 0.762. The van der Waals surface area contributed by atoms with Crippen LogP contribution in [0.1, 0.15) is 31.7 Å². The van der Waals surface area contributed by atoms with Crippen LogP contribution in [0.3, 0.4) is 0 Å². The van der Waals surface area contributed by atoms with Crippen LogP contribution >= 0.6 is 12.4 Å². The third kappa shape index (κ3) is 4.89. The standard InChI is InChI=1S/C21H33N7O2.ClH/c22-19-16-12-26(13-17(16)19)11-14-1-3-15(4-2-14)28-8-5-18(25-21(28)30)24-20(29)27-9-6-23-7-10-27;/h5,8,14-17,19,23H,1-4,6-7,9-13,22H2,(H,24,25,29,30);1H/t14-,15-,16?,17?,19?;. The number of halogens is 1. The highest BCUT2D eigenvalue weighted by atomic mass is 35.5. The number of piperidine rings is 1. The lowest BCUT2D eigenvalue weighted by Crippen LogP contribution is -2.48. The number of likely N-dealkylation sites (tertiary alicyclic amines) is 1. The summed E-state index contributed by atoms with van der Waals surface area (Å²) in [5.41, 5.74) is 5.77. The first-order valence-electron chi connectivity index (χ1n) is 11.4. The number of anilines is 1. The van der Waals surface area contributed by atoms with E-state index >= 15 is 0 Å². The average molecular weight is 452 g/mol. The second-order valence-corrected chi connectivity index (χ2v) is 9.47. The van der Waals surface area contributed by atoms with E-state index in [0.717, 1.165) is 56.5 Å². The Hall–Kier alpha value is -1.68. The van der Waals surface area contributed by atoms with Gasteiger partial charge in [-0.15, -0.1) is 12.4 Å². The van der Waals surface area contributed by atoms with Crippen molar-refractivity contribution in [3.63, 3.8) is 0 Å². The van der Waals surface area contributed by atoms with Gasteiger partial charge >= 0.3 is 11.7 Å². The molecule has 2 amide bonds. The molecule has 5 rings (SSSR count). The van der Waals surface area contributed by atoms with Crippen LogP contribution in [0.5, 0.6) is 0 Å². The van der Waals surface area contributed by atoms with E-state index in [2.05, 4.69) is 20.5 Å². The van der Waals surface area contributed by atoms with E-state index < -0.39 is 0 Å². The first-order valence-corrected chi connectivity index (χ1v) is 11.4. The lowest BCUT2D eigenvalue weighted by atomic mass is 9.85. The molecule has 2 atom stereocenters. The highest BCUT2D eigenvalue weighted by molar-refractivity contribution is 5.88. The monoisotopic (exact) mass is 451 g/mol. The average Bonchev–Trinajstić information content (AvgIpc) is 3.16. The van der Waals surface area contributed by atoms with Crippen molar-refractivity contribution in [3.05, 3.63) is 22.7 Å². The number of amides is 2. The zero-order chi connectivity index (χ0) is 20.7. The molecule has 172 valence electrons. The lowest BCUT2D eigenvalue weighted by molar-refractivity contribution is 0.190. The predicted molar refractivity (Wildman–Crippen MR) is 122 cm³/mol. The molecule has 1 aromatic rings. The number of nitrogens with one attached hydrogen (secondary N) is 2. The van der Waals surface area contributed by atoms with Crippen molar-refractivity contribution >= 4 is 24.3 Å². The second-order valence-electron chi connectivity index (χ2n) is 9.47. The van der Waals surface area contributed by atoms with E-state index in [9.17, 15) is 9.59 Å². The van der Waals surface area contributed by atoms with Crippen LogP contribution in [0, 0.1) is 17.8 Å². The number of hydrogen-bond acceptors (Lipinski definition) is 6. The van der Waals surface area contributed by atoms with Gasteiger partial charge in [-0.2, -0.15) is 4.98 Å². The molecule has 4 fully saturated rings. The molecule has 3 heterocycles. The summed E-state index contributed by atoms with van der Waals surface area (Å²) in [6.07, 6.45) is 6.12. The summed E-state index contributed by atoms with van der Waals surface area (Å²) < 4.78 is 1.75. The van der Waals surface area contributed by atoms with Crippen molar-refractivity contribution in [1.82, 2.24) is 24.7 Å². The summed E-state index contributed by atoms with van der Waals surface area (Å²) in [6, 6.07) is 2.22. The van der Waals surface area contributed by atoms with Gasteiger partial charge in [0.15, 0.2) is 0 Å². The number of nitrogens with two attached hydrogens (primary N) is 1. The third-order valence-corrected chi connectivity index (χ3v) is 7.53. The van der Waals surface area contributed by atoms with Gasteiger partial charge in [0.2, 0.25) is 0 Å². The molecule has 10 heteroatoms. The van der Waals surface area contributed by atoms with Crippen molar-refractivity contribution < 1.29 is 4.79 Å². The van der Waals surface area contributed by atoms with Gasteiger partial charge in [0.05, 0.1) is 0 Å². The molecule has 0 radical (unpaired) electrons. The van der Waals surface area contributed by atoms with Gasteiger partial charge in [0, 0.05) is 64.1 Å². The first-order chi connectivity index (χ1) is 14.6. The van der Waals surface area contributed by atoms with E-state index in [-0.39, 0.29) is 30.2 Å². The summed E-state index contributed by atoms with van der Waals surface area (Å²) in [6.45, 7) is 6.44. The molecule has 2 aliphatic heterocycles. The fourth-order valence-corrected chi connectivity index (χ4v) is 5.60. The van der Waals surface area contributed by atoms with Crippen LogP contribution in [0.4, 0.5) is 10.6 Å². The minimum absolute atomic E-state index is 0. The highest BCUT2D eigenvalue weighted by Crippen LogP contribution is 2.44. The Bertz CT molecular complexity index is 823. The smallest absolute Gasteiger partial charge is 0.327 e. The number of aromatic nitrogens is 2. The quantitative estimate of drug-likeness (QED) is 0.622. The molecule has 2 saturated carbocycles. The molecule has 2 saturated heterocycles. The Labute approximate surface area is 189 Å². The van der Waals surface area contributed by atoms with Crippen LogP contribution in [0.15, 0.2) is 17.1 Å². The Morgan fingerprint density at radius 1 is 1.16 bits per heavy atom. The van der Waals surface area contributed by atoms with Crippen molar-refractivity contribution in [2.75, 3.05) is 51.1 Å². The Kier molecular flexibility index (Phi) is 6.86. The second kappa shape index (κ2) is 9.44. The van der Waals surface area contributed by atoms with E-state index in [1.807, 2.05) is 0 Å². The summed E-state index contributed by atoms with van der Waals surface area (Å²) in [5.74, 6) is 2.55. The number of carbonyl (C=O) groups is 1. The van der Waals surface area contributed by atoms with Gasteiger partial charge in [0.25, 0.3) is 0 Å². The van der Waals surface area contributed by atoms with Crippen LogP contribution < -0.4 is 22.1 Å². The summed E-state index contributed by atoms with van der Waals surface area (Å²) in [5, 5.41) is 5.98. The number of urea groups is 1. The van der Waals surface area contributed by atoms with Gasteiger partial charge in [-0.3, -0.25) is 9.88 Å². The SMILES string of the molecule is Cl.NC1C2CN(C[C@H]3CC[C@H](n4ccc(NC(=O)N5CCNCC5)nc4=O)CC3)CC12. The third-order valence-electron chi connectivity index (χ3n) is 7.53. The molecule has 1 aromatic heterocycles. The van der Waals surface area contributed by atoms with Gasteiger partial charge in [-0.25, -0.2) is 9.59 Å². The van der Waals surface area contributed by atoms with E-state index in [1.54, 1.807) is 21.7 Å². The van der Waals surface area contributed by atoms with Gasteiger partial charge < -0.3 is 20.9 Å². The minimum atomic E-state index is -0.273. The maximum Gasteiger partial charge on any atom is 0.349 e. The van der Waals surface area contributed by atoms with Gasteiger partial charge in [-0.05, 0) is 49.5 Å². The maximum absolute atomic E-state index is 12.6. The van der Waals surface area contributed by atoms with Gasteiger partial charge in [0.1, 0.15) is 5.82 Å². The molecule has 4 aliphatic rings.